The third-order valence-electron chi connectivity index (χ3n) is 5.22. The van der Waals surface area contributed by atoms with Gasteiger partial charge in [-0.05, 0) is 42.0 Å². The summed E-state index contributed by atoms with van der Waals surface area (Å²) in [7, 11) is 3.15. The van der Waals surface area contributed by atoms with Crippen LogP contribution in [0.25, 0.3) is 16.9 Å². The smallest absolute Gasteiger partial charge is 0.257 e. The van der Waals surface area contributed by atoms with Crippen molar-refractivity contribution in [2.45, 2.75) is 6.54 Å². The topological polar surface area (TPSA) is 96.2 Å². The first-order chi connectivity index (χ1) is 15.7. The highest BCUT2D eigenvalue weighted by atomic mass is 16.7. The van der Waals surface area contributed by atoms with E-state index in [1.807, 2.05) is 36.4 Å². The number of carbonyl (C=O) groups is 1. The Morgan fingerprint density at radius 3 is 2.75 bits per heavy atom. The van der Waals surface area contributed by atoms with E-state index >= 15 is 0 Å². The highest BCUT2D eigenvalue weighted by molar-refractivity contribution is 5.99. The lowest BCUT2D eigenvalue weighted by Crippen LogP contribution is -2.22. The monoisotopic (exact) mass is 432 g/mol. The fourth-order valence-electron chi connectivity index (χ4n) is 3.59. The zero-order chi connectivity index (χ0) is 22.1. The van der Waals surface area contributed by atoms with Crippen LogP contribution in [0.4, 0.5) is 0 Å². The molecule has 2 aromatic heterocycles. The molecule has 5 rings (SSSR count). The number of benzene rings is 2. The fraction of sp³-hybridized carbons (Fsp3) is 0.174. The first-order valence-electron chi connectivity index (χ1n) is 9.90. The van der Waals surface area contributed by atoms with Gasteiger partial charge in [-0.2, -0.15) is 5.10 Å². The number of aromatic nitrogens is 3. The molecule has 9 heteroatoms. The first-order valence-corrected chi connectivity index (χ1v) is 9.90. The molecule has 0 atom stereocenters. The first kappa shape index (κ1) is 19.7. The van der Waals surface area contributed by atoms with Crippen LogP contribution < -0.4 is 24.3 Å². The molecule has 0 unspecified atom stereocenters. The number of nitrogens with zero attached hydrogens (tertiary/aromatic N) is 3. The average molecular weight is 432 g/mol. The van der Waals surface area contributed by atoms with Crippen molar-refractivity contribution in [3.63, 3.8) is 0 Å². The van der Waals surface area contributed by atoms with E-state index in [0.717, 1.165) is 16.8 Å². The van der Waals surface area contributed by atoms with Crippen LogP contribution >= 0.6 is 0 Å². The molecule has 9 nitrogen and oxygen atoms in total. The van der Waals surface area contributed by atoms with Crippen molar-refractivity contribution in [3.8, 4) is 34.3 Å². The lowest BCUT2D eigenvalue weighted by molar-refractivity contribution is 0.0952. The Balaban J connectivity index is 1.39. The molecular formula is C23H20N4O5. The number of ether oxygens (including phenoxy) is 4. The van der Waals surface area contributed by atoms with Gasteiger partial charge in [0.25, 0.3) is 5.91 Å². The average Bonchev–Trinajstić information content (AvgIpc) is 3.48. The Hall–Kier alpha value is -4.27. The van der Waals surface area contributed by atoms with Gasteiger partial charge in [0.05, 0.1) is 26.1 Å². The molecule has 0 saturated heterocycles. The Kier molecular flexibility index (Phi) is 4.98. The molecule has 2 aromatic carbocycles. The van der Waals surface area contributed by atoms with Crippen molar-refractivity contribution >= 4 is 11.6 Å². The zero-order valence-corrected chi connectivity index (χ0v) is 17.5. The molecule has 4 aromatic rings. The van der Waals surface area contributed by atoms with Crippen LogP contribution in [-0.2, 0) is 6.54 Å². The normalized spacial score (nSPS) is 12.1. The molecule has 0 fully saturated rings. The SMILES string of the molecule is COc1ccc(CNC(=O)c2cnn3c(-c4ccc5c(c4)OCO5)ccnc23)cc1OC. The lowest BCUT2D eigenvalue weighted by Gasteiger charge is -2.10. The molecule has 1 aliphatic heterocycles. The summed E-state index contributed by atoms with van der Waals surface area (Å²) in [6, 6.07) is 13.0. The van der Waals surface area contributed by atoms with E-state index in [0.29, 0.717) is 40.8 Å². The summed E-state index contributed by atoms with van der Waals surface area (Å²) in [5.74, 6) is 2.34. The van der Waals surface area contributed by atoms with Crippen molar-refractivity contribution in [2.75, 3.05) is 21.0 Å². The minimum absolute atomic E-state index is 0.205. The largest absolute Gasteiger partial charge is 0.493 e. The summed E-state index contributed by atoms with van der Waals surface area (Å²) < 4.78 is 23.1. The third kappa shape index (κ3) is 3.43. The molecule has 0 spiro atoms. The van der Waals surface area contributed by atoms with Gasteiger partial charge >= 0.3 is 0 Å². The second kappa shape index (κ2) is 8.10. The maximum Gasteiger partial charge on any atom is 0.257 e. The standard InChI is InChI=1S/C23H20N4O5/c1-29-18-5-3-14(9-20(18)30-2)11-25-23(28)16-12-26-27-17(7-8-24-22(16)27)15-4-6-19-21(10-15)32-13-31-19/h3-10,12H,11,13H2,1-2H3,(H,25,28). The Bertz CT molecular complexity index is 1320. The van der Waals surface area contributed by atoms with Gasteiger partial charge in [0.15, 0.2) is 28.6 Å². The molecule has 162 valence electrons. The summed E-state index contributed by atoms with van der Waals surface area (Å²) in [4.78, 5) is 17.2. The predicted octanol–water partition coefficient (Wildman–Crippen LogP) is 3.07. The van der Waals surface area contributed by atoms with E-state index in [-0.39, 0.29) is 12.7 Å². The van der Waals surface area contributed by atoms with E-state index in [2.05, 4.69) is 15.4 Å². The van der Waals surface area contributed by atoms with Gasteiger partial charge in [0.2, 0.25) is 6.79 Å². The van der Waals surface area contributed by atoms with Gasteiger partial charge in [-0.25, -0.2) is 9.50 Å². The van der Waals surface area contributed by atoms with Gasteiger partial charge < -0.3 is 24.3 Å². The number of methoxy groups -OCH3 is 2. The molecule has 0 aliphatic carbocycles. The van der Waals surface area contributed by atoms with E-state index in [1.54, 1.807) is 31.0 Å². The quantitative estimate of drug-likeness (QED) is 0.500. The number of hydrogen-bond donors (Lipinski definition) is 1. The number of carbonyl (C=O) groups excluding carboxylic acids is 1. The molecule has 0 saturated carbocycles. The van der Waals surface area contributed by atoms with Crippen LogP contribution in [-0.4, -0.2) is 41.5 Å². The van der Waals surface area contributed by atoms with Crippen molar-refractivity contribution in [1.29, 1.82) is 0 Å². The minimum atomic E-state index is -0.273. The van der Waals surface area contributed by atoms with Crippen LogP contribution in [0.1, 0.15) is 15.9 Å². The zero-order valence-electron chi connectivity index (χ0n) is 17.5. The van der Waals surface area contributed by atoms with Crippen molar-refractivity contribution in [3.05, 3.63) is 66.0 Å². The summed E-state index contributed by atoms with van der Waals surface area (Å²) >= 11 is 0. The number of amides is 1. The minimum Gasteiger partial charge on any atom is -0.493 e. The van der Waals surface area contributed by atoms with E-state index in [1.165, 1.54) is 6.20 Å². The molecule has 3 heterocycles. The van der Waals surface area contributed by atoms with Crippen molar-refractivity contribution < 1.29 is 23.7 Å². The van der Waals surface area contributed by atoms with Gasteiger partial charge in [0, 0.05) is 18.3 Å². The molecule has 1 aliphatic rings. The molecule has 0 bridgehead atoms. The number of fused-ring (bicyclic) bond motifs is 2. The molecule has 1 amide bonds. The van der Waals surface area contributed by atoms with Crippen molar-refractivity contribution in [2.24, 2.45) is 0 Å². The van der Waals surface area contributed by atoms with Crippen LogP contribution in [0.15, 0.2) is 54.9 Å². The molecule has 1 N–H and O–H groups in total. The van der Waals surface area contributed by atoms with Crippen LogP contribution in [0.3, 0.4) is 0 Å². The molecular weight excluding hydrogens is 412 g/mol. The highest BCUT2D eigenvalue weighted by Gasteiger charge is 2.19. The summed E-state index contributed by atoms with van der Waals surface area (Å²) in [6.07, 6.45) is 3.17. The molecule has 0 radical (unpaired) electrons. The van der Waals surface area contributed by atoms with E-state index < -0.39 is 0 Å². The third-order valence-corrected chi connectivity index (χ3v) is 5.22. The number of hydrogen-bond acceptors (Lipinski definition) is 7. The maximum atomic E-state index is 12.9. The van der Waals surface area contributed by atoms with E-state index in [4.69, 9.17) is 18.9 Å². The van der Waals surface area contributed by atoms with Gasteiger partial charge in [-0.1, -0.05) is 6.07 Å². The number of rotatable bonds is 6. The second-order valence-corrected chi connectivity index (χ2v) is 7.06. The number of nitrogens with one attached hydrogen (secondary N) is 1. The van der Waals surface area contributed by atoms with Crippen LogP contribution in [0.2, 0.25) is 0 Å². The molecule has 32 heavy (non-hydrogen) atoms. The van der Waals surface area contributed by atoms with Gasteiger partial charge in [-0.15, -0.1) is 0 Å². The highest BCUT2D eigenvalue weighted by Crippen LogP contribution is 2.36. The maximum absolute atomic E-state index is 12.9. The van der Waals surface area contributed by atoms with Crippen molar-refractivity contribution in [1.82, 2.24) is 19.9 Å². The Morgan fingerprint density at radius 1 is 1.06 bits per heavy atom. The fourth-order valence-corrected chi connectivity index (χ4v) is 3.59. The summed E-state index contributed by atoms with van der Waals surface area (Å²) in [5.41, 5.74) is 3.38. The Labute approximate surface area is 183 Å². The summed E-state index contributed by atoms with van der Waals surface area (Å²) in [6.45, 7) is 0.523. The summed E-state index contributed by atoms with van der Waals surface area (Å²) in [5, 5.41) is 7.31. The van der Waals surface area contributed by atoms with Crippen LogP contribution in [0, 0.1) is 0 Å². The van der Waals surface area contributed by atoms with Gasteiger partial charge in [-0.3, -0.25) is 4.79 Å². The van der Waals surface area contributed by atoms with Gasteiger partial charge in [0.1, 0.15) is 5.56 Å². The van der Waals surface area contributed by atoms with Crippen LogP contribution in [0.5, 0.6) is 23.0 Å². The second-order valence-electron chi connectivity index (χ2n) is 7.06. The van der Waals surface area contributed by atoms with E-state index in [9.17, 15) is 4.79 Å². The Morgan fingerprint density at radius 2 is 1.91 bits per heavy atom. The predicted molar refractivity (Wildman–Crippen MR) is 115 cm³/mol. The lowest BCUT2D eigenvalue weighted by atomic mass is 10.1.